The molecule has 1 amide bonds. The first-order chi connectivity index (χ1) is 7.57. The van der Waals surface area contributed by atoms with Crippen LogP contribution in [0.15, 0.2) is 0 Å². The van der Waals surface area contributed by atoms with Crippen LogP contribution in [0.2, 0.25) is 0 Å². The number of hydrogen-bond acceptors (Lipinski definition) is 4. The zero-order valence-electron chi connectivity index (χ0n) is 9.57. The van der Waals surface area contributed by atoms with Crippen molar-refractivity contribution >= 4 is 23.6 Å². The Bertz CT molecular complexity index is 224. The molecule has 0 saturated carbocycles. The second-order valence-electron chi connectivity index (χ2n) is 3.49. The Morgan fingerprint density at radius 2 is 2.19 bits per heavy atom. The van der Waals surface area contributed by atoms with Crippen molar-refractivity contribution in [2.24, 2.45) is 5.73 Å². The maximum absolute atomic E-state index is 11.2. The number of nitrogens with one attached hydrogen (secondary N) is 1. The molecule has 0 aromatic carbocycles. The summed E-state index contributed by atoms with van der Waals surface area (Å²) in [7, 11) is 0. The monoisotopic (exact) mass is 248 g/mol. The van der Waals surface area contributed by atoms with E-state index in [0.29, 0.717) is 24.5 Å². The van der Waals surface area contributed by atoms with Crippen molar-refractivity contribution in [1.82, 2.24) is 5.32 Å². The number of hydrogen-bond donors (Lipinski definition) is 3. The summed E-state index contributed by atoms with van der Waals surface area (Å²) in [5.41, 5.74) is 5.32. The average molecular weight is 248 g/mol. The second-order valence-corrected chi connectivity index (χ2v) is 4.59. The molecule has 1 unspecified atom stereocenters. The van der Waals surface area contributed by atoms with Crippen LogP contribution in [0.4, 0.5) is 0 Å². The van der Waals surface area contributed by atoms with Gasteiger partial charge in [-0.2, -0.15) is 11.8 Å². The van der Waals surface area contributed by atoms with Crippen molar-refractivity contribution in [2.75, 3.05) is 18.1 Å². The maximum Gasteiger partial charge on any atom is 0.320 e. The number of aliphatic carboxylic acids is 1. The normalized spacial score (nSPS) is 12.1. The summed E-state index contributed by atoms with van der Waals surface area (Å²) in [5, 5.41) is 11.3. The molecule has 0 fully saturated rings. The first kappa shape index (κ1) is 15.2. The van der Waals surface area contributed by atoms with Crippen LogP contribution in [0.1, 0.15) is 26.2 Å². The fourth-order valence-electron chi connectivity index (χ4n) is 0.954. The number of thioether (sulfide) groups is 1. The smallest absolute Gasteiger partial charge is 0.320 e. The summed E-state index contributed by atoms with van der Waals surface area (Å²) in [6.07, 6.45) is 2.43. The zero-order chi connectivity index (χ0) is 12.4. The number of carbonyl (C=O) groups excluding carboxylic acids is 1. The van der Waals surface area contributed by atoms with Gasteiger partial charge in [-0.3, -0.25) is 9.59 Å². The Hall–Kier alpha value is -0.750. The number of carbonyl (C=O) groups is 2. The van der Waals surface area contributed by atoms with Crippen molar-refractivity contribution in [2.45, 2.75) is 32.2 Å². The van der Waals surface area contributed by atoms with Crippen LogP contribution in [-0.2, 0) is 9.59 Å². The Labute approximate surface area is 100 Å². The van der Waals surface area contributed by atoms with E-state index in [1.165, 1.54) is 11.8 Å². The van der Waals surface area contributed by atoms with Gasteiger partial charge in [-0.15, -0.1) is 0 Å². The molecule has 0 bridgehead atoms. The Morgan fingerprint density at radius 1 is 1.50 bits per heavy atom. The lowest BCUT2D eigenvalue weighted by Crippen LogP contribution is -2.31. The second kappa shape index (κ2) is 9.47. The van der Waals surface area contributed by atoms with Crippen molar-refractivity contribution in [3.05, 3.63) is 0 Å². The van der Waals surface area contributed by atoms with Crippen LogP contribution >= 0.6 is 11.8 Å². The lowest BCUT2D eigenvalue weighted by Gasteiger charge is -2.06. The predicted octanol–water partition coefficient (Wildman–Crippen LogP) is 0.438. The van der Waals surface area contributed by atoms with Gasteiger partial charge in [0.05, 0.1) is 5.75 Å². The number of rotatable bonds is 9. The third-order valence-electron chi connectivity index (χ3n) is 1.98. The molecule has 0 aromatic heterocycles. The largest absolute Gasteiger partial charge is 0.480 e. The number of carboxylic acids is 1. The number of unbranched alkanes of at least 4 members (excludes halogenated alkanes) is 1. The highest BCUT2D eigenvalue weighted by Gasteiger charge is 2.10. The highest BCUT2D eigenvalue weighted by atomic mass is 32.2. The first-order valence-corrected chi connectivity index (χ1v) is 6.56. The van der Waals surface area contributed by atoms with E-state index < -0.39 is 12.0 Å². The molecular formula is C10H20N2O3S. The summed E-state index contributed by atoms with van der Waals surface area (Å²) in [4.78, 5) is 21.6. The van der Waals surface area contributed by atoms with Crippen molar-refractivity contribution in [1.29, 1.82) is 0 Å². The zero-order valence-corrected chi connectivity index (χ0v) is 10.4. The average Bonchev–Trinajstić information content (AvgIpc) is 2.24. The number of nitrogens with two attached hydrogens (primary N) is 1. The summed E-state index contributed by atoms with van der Waals surface area (Å²) >= 11 is 1.41. The van der Waals surface area contributed by atoms with Gasteiger partial charge in [0.25, 0.3) is 0 Å². The van der Waals surface area contributed by atoms with Crippen LogP contribution in [0.5, 0.6) is 0 Å². The van der Waals surface area contributed by atoms with Crippen molar-refractivity contribution in [3.63, 3.8) is 0 Å². The van der Waals surface area contributed by atoms with Gasteiger partial charge in [-0.1, -0.05) is 13.3 Å². The predicted molar refractivity (Wildman–Crippen MR) is 65.5 cm³/mol. The SMILES string of the molecule is CCCCNC(=O)CSCCC(N)C(=O)O. The minimum atomic E-state index is -0.993. The van der Waals surface area contributed by atoms with E-state index >= 15 is 0 Å². The van der Waals surface area contributed by atoms with Gasteiger partial charge in [0.15, 0.2) is 0 Å². The molecule has 0 aliphatic rings. The molecule has 94 valence electrons. The minimum Gasteiger partial charge on any atom is -0.480 e. The third-order valence-corrected chi connectivity index (χ3v) is 2.97. The first-order valence-electron chi connectivity index (χ1n) is 5.40. The van der Waals surface area contributed by atoms with E-state index in [2.05, 4.69) is 12.2 Å². The minimum absolute atomic E-state index is 0.00217. The maximum atomic E-state index is 11.2. The van der Waals surface area contributed by atoms with E-state index in [1.807, 2.05) is 0 Å². The topological polar surface area (TPSA) is 92.4 Å². The molecule has 0 spiro atoms. The lowest BCUT2D eigenvalue weighted by molar-refractivity contribution is -0.138. The molecule has 0 aliphatic carbocycles. The van der Waals surface area contributed by atoms with Gasteiger partial charge in [-0.05, 0) is 18.6 Å². The lowest BCUT2D eigenvalue weighted by atomic mass is 10.2. The molecule has 4 N–H and O–H groups in total. The van der Waals surface area contributed by atoms with Crippen LogP contribution in [0.25, 0.3) is 0 Å². The van der Waals surface area contributed by atoms with Gasteiger partial charge in [0.1, 0.15) is 6.04 Å². The Balaban J connectivity index is 3.37. The summed E-state index contributed by atoms with van der Waals surface area (Å²) in [5.74, 6) is -0.0274. The Morgan fingerprint density at radius 3 is 2.75 bits per heavy atom. The molecule has 0 saturated heterocycles. The van der Waals surface area contributed by atoms with E-state index in [-0.39, 0.29) is 5.91 Å². The summed E-state index contributed by atoms with van der Waals surface area (Å²) in [6, 6.07) is -0.823. The van der Waals surface area contributed by atoms with E-state index in [4.69, 9.17) is 10.8 Å². The molecule has 6 heteroatoms. The van der Waals surface area contributed by atoms with Gasteiger partial charge >= 0.3 is 5.97 Å². The molecule has 0 aromatic rings. The van der Waals surface area contributed by atoms with E-state index in [0.717, 1.165) is 12.8 Å². The molecule has 0 radical (unpaired) electrons. The number of amides is 1. The van der Waals surface area contributed by atoms with E-state index in [1.54, 1.807) is 0 Å². The molecule has 0 rings (SSSR count). The molecule has 16 heavy (non-hydrogen) atoms. The highest BCUT2D eigenvalue weighted by molar-refractivity contribution is 7.99. The number of carboxylic acid groups (broad SMARTS) is 1. The van der Waals surface area contributed by atoms with Crippen LogP contribution < -0.4 is 11.1 Å². The van der Waals surface area contributed by atoms with Crippen molar-refractivity contribution in [3.8, 4) is 0 Å². The van der Waals surface area contributed by atoms with Crippen molar-refractivity contribution < 1.29 is 14.7 Å². The summed E-state index contributed by atoms with van der Waals surface area (Å²) in [6.45, 7) is 2.78. The molecule has 1 atom stereocenters. The molecule has 0 aliphatic heterocycles. The van der Waals surface area contributed by atoms with Gasteiger partial charge in [0, 0.05) is 6.54 Å². The van der Waals surface area contributed by atoms with Crippen LogP contribution in [-0.4, -0.2) is 41.1 Å². The van der Waals surface area contributed by atoms with Gasteiger partial charge < -0.3 is 16.2 Å². The van der Waals surface area contributed by atoms with Gasteiger partial charge in [0.2, 0.25) is 5.91 Å². The third kappa shape index (κ3) is 8.55. The van der Waals surface area contributed by atoms with Crippen LogP contribution in [0, 0.1) is 0 Å². The molecular weight excluding hydrogens is 228 g/mol. The van der Waals surface area contributed by atoms with Crippen LogP contribution in [0.3, 0.4) is 0 Å². The standard InChI is InChI=1S/C10H20N2O3S/c1-2-3-5-12-9(13)7-16-6-4-8(11)10(14)15/h8H,2-7,11H2,1H3,(H,12,13)(H,14,15). The quantitative estimate of drug-likeness (QED) is 0.515. The Kier molecular flexibility index (Phi) is 9.03. The fraction of sp³-hybridized carbons (Fsp3) is 0.800. The highest BCUT2D eigenvalue weighted by Crippen LogP contribution is 2.03. The fourth-order valence-corrected chi connectivity index (χ4v) is 1.81. The molecule has 0 heterocycles. The molecule has 5 nitrogen and oxygen atoms in total. The van der Waals surface area contributed by atoms with Gasteiger partial charge in [-0.25, -0.2) is 0 Å². The summed E-state index contributed by atoms with van der Waals surface area (Å²) < 4.78 is 0. The van der Waals surface area contributed by atoms with E-state index in [9.17, 15) is 9.59 Å².